The Kier molecular flexibility index (Phi) is 6.52. The third-order valence-corrected chi connectivity index (χ3v) is 5.01. The predicted octanol–water partition coefficient (Wildman–Crippen LogP) is 4.30. The van der Waals surface area contributed by atoms with E-state index in [1.807, 2.05) is 18.2 Å². The van der Waals surface area contributed by atoms with E-state index in [1.54, 1.807) is 0 Å². The van der Waals surface area contributed by atoms with Crippen LogP contribution < -0.4 is 10.6 Å². The fourth-order valence-electron chi connectivity index (χ4n) is 3.85. The van der Waals surface area contributed by atoms with E-state index in [9.17, 15) is 4.79 Å². The first-order valence-electron chi connectivity index (χ1n) is 9.46. The Labute approximate surface area is 147 Å². The summed E-state index contributed by atoms with van der Waals surface area (Å²) in [4.78, 5) is 17.7. The lowest BCUT2D eigenvalue weighted by atomic mass is 9.96. The summed E-state index contributed by atoms with van der Waals surface area (Å²) >= 11 is 0. The minimum absolute atomic E-state index is 0.134. The molecule has 1 aromatic rings. The number of anilines is 2. The second kappa shape index (κ2) is 8.41. The highest BCUT2D eigenvalue weighted by Gasteiger charge is 2.31. The van der Waals surface area contributed by atoms with E-state index in [4.69, 9.17) is 5.73 Å². The van der Waals surface area contributed by atoms with Crippen LogP contribution >= 0.6 is 0 Å². The van der Waals surface area contributed by atoms with Gasteiger partial charge in [-0.1, -0.05) is 13.8 Å². The molecule has 1 aliphatic heterocycles. The van der Waals surface area contributed by atoms with Gasteiger partial charge in [0, 0.05) is 36.5 Å². The number of nitrogens with two attached hydrogens (primary N) is 1. The van der Waals surface area contributed by atoms with Crippen LogP contribution in [0.4, 0.5) is 11.4 Å². The van der Waals surface area contributed by atoms with E-state index in [0.29, 0.717) is 17.8 Å². The third kappa shape index (κ3) is 4.03. The zero-order valence-electron chi connectivity index (χ0n) is 15.7. The number of piperidine rings is 1. The largest absolute Gasteiger partial charge is 0.399 e. The monoisotopic (exact) mass is 331 g/mol. The molecule has 4 nitrogen and oxygen atoms in total. The predicted molar refractivity (Wildman–Crippen MR) is 103 cm³/mol. The van der Waals surface area contributed by atoms with E-state index in [1.165, 1.54) is 6.42 Å². The zero-order chi connectivity index (χ0) is 17.7. The fourth-order valence-corrected chi connectivity index (χ4v) is 3.85. The van der Waals surface area contributed by atoms with Gasteiger partial charge < -0.3 is 15.5 Å². The molecule has 0 bridgehead atoms. The van der Waals surface area contributed by atoms with Gasteiger partial charge in [0.25, 0.3) is 5.91 Å². The molecule has 0 saturated carbocycles. The van der Waals surface area contributed by atoms with E-state index in [2.05, 4.69) is 37.5 Å². The first kappa shape index (κ1) is 18.6. The first-order valence-corrected chi connectivity index (χ1v) is 9.46. The molecular formula is C20H33N3O. The maximum Gasteiger partial charge on any atom is 0.256 e. The van der Waals surface area contributed by atoms with Crippen LogP contribution in [0.25, 0.3) is 0 Å². The lowest BCUT2D eigenvalue weighted by molar-refractivity contribution is 0.0511. The summed E-state index contributed by atoms with van der Waals surface area (Å²) in [6.07, 6.45) is 5.50. The summed E-state index contributed by atoms with van der Waals surface area (Å²) in [5.41, 5.74) is 8.47. The van der Waals surface area contributed by atoms with Crippen molar-refractivity contribution in [1.82, 2.24) is 4.90 Å². The molecule has 0 aromatic heterocycles. The van der Waals surface area contributed by atoms with Crippen molar-refractivity contribution in [2.24, 2.45) is 0 Å². The number of carbonyl (C=O) groups excluding carboxylic acids is 1. The van der Waals surface area contributed by atoms with Crippen molar-refractivity contribution < 1.29 is 4.79 Å². The van der Waals surface area contributed by atoms with E-state index >= 15 is 0 Å². The first-order chi connectivity index (χ1) is 11.5. The molecule has 1 aromatic carbocycles. The molecule has 1 saturated heterocycles. The molecule has 2 N–H and O–H groups in total. The van der Waals surface area contributed by atoms with Gasteiger partial charge in [-0.15, -0.1) is 0 Å². The lowest BCUT2D eigenvalue weighted by Gasteiger charge is -2.40. The van der Waals surface area contributed by atoms with Crippen molar-refractivity contribution in [3.8, 4) is 0 Å². The van der Waals surface area contributed by atoms with Gasteiger partial charge in [-0.3, -0.25) is 4.79 Å². The molecule has 0 radical (unpaired) electrons. The van der Waals surface area contributed by atoms with E-state index < -0.39 is 0 Å². The second-order valence-corrected chi connectivity index (χ2v) is 7.11. The Morgan fingerprint density at radius 3 is 2.29 bits per heavy atom. The van der Waals surface area contributed by atoms with Gasteiger partial charge in [-0.05, 0) is 64.2 Å². The van der Waals surface area contributed by atoms with Gasteiger partial charge in [0.15, 0.2) is 0 Å². The highest BCUT2D eigenvalue weighted by Crippen LogP contribution is 2.30. The minimum atomic E-state index is 0.134. The molecule has 1 amide bonds. The van der Waals surface area contributed by atoms with Gasteiger partial charge in [0.05, 0.1) is 5.56 Å². The van der Waals surface area contributed by atoms with Crippen molar-refractivity contribution in [2.45, 2.75) is 71.9 Å². The topological polar surface area (TPSA) is 49.6 Å². The number of nitrogens with zero attached hydrogens (tertiary/aromatic N) is 2. The number of amides is 1. The SMILES string of the molecule is CCCN(CCC)c1ccc(N)cc1C(=O)N1[C@H](C)CCC[C@@H]1C. The molecule has 0 unspecified atom stereocenters. The average molecular weight is 332 g/mol. The zero-order valence-corrected chi connectivity index (χ0v) is 15.7. The summed E-state index contributed by atoms with van der Waals surface area (Å²) in [5.74, 6) is 0.134. The molecule has 2 atom stereocenters. The van der Waals surface area contributed by atoms with Crippen LogP contribution in [0.3, 0.4) is 0 Å². The van der Waals surface area contributed by atoms with Gasteiger partial charge in [0.1, 0.15) is 0 Å². The van der Waals surface area contributed by atoms with Crippen LogP contribution in [0.2, 0.25) is 0 Å². The molecule has 1 heterocycles. The van der Waals surface area contributed by atoms with Crippen LogP contribution in [0.1, 0.15) is 70.2 Å². The Morgan fingerprint density at radius 2 is 1.75 bits per heavy atom. The van der Waals surface area contributed by atoms with Gasteiger partial charge in [-0.2, -0.15) is 0 Å². The normalized spacial score (nSPS) is 20.9. The van der Waals surface area contributed by atoms with Crippen molar-refractivity contribution in [1.29, 1.82) is 0 Å². The average Bonchev–Trinajstić information content (AvgIpc) is 2.54. The van der Waals surface area contributed by atoms with E-state index in [-0.39, 0.29) is 5.91 Å². The van der Waals surface area contributed by atoms with Crippen LogP contribution in [-0.2, 0) is 0 Å². The summed E-state index contributed by atoms with van der Waals surface area (Å²) in [6, 6.07) is 6.38. The molecule has 1 aliphatic rings. The van der Waals surface area contributed by atoms with Gasteiger partial charge in [-0.25, -0.2) is 0 Å². The number of hydrogen-bond donors (Lipinski definition) is 1. The molecule has 24 heavy (non-hydrogen) atoms. The quantitative estimate of drug-likeness (QED) is 0.791. The van der Waals surface area contributed by atoms with Crippen LogP contribution in [0.5, 0.6) is 0 Å². The smallest absolute Gasteiger partial charge is 0.256 e. The number of nitrogen functional groups attached to an aromatic ring is 1. The molecule has 134 valence electrons. The maximum absolute atomic E-state index is 13.4. The lowest BCUT2D eigenvalue weighted by Crippen LogP contribution is -2.48. The Bertz CT molecular complexity index is 542. The summed E-state index contributed by atoms with van der Waals surface area (Å²) in [5, 5.41) is 0. The van der Waals surface area contributed by atoms with Crippen molar-refractivity contribution in [2.75, 3.05) is 23.7 Å². The molecular weight excluding hydrogens is 298 g/mol. The molecule has 4 heteroatoms. The molecule has 2 rings (SSSR count). The molecule has 1 fully saturated rings. The Morgan fingerprint density at radius 1 is 1.17 bits per heavy atom. The van der Waals surface area contributed by atoms with Crippen molar-refractivity contribution in [3.63, 3.8) is 0 Å². The molecule has 0 spiro atoms. The van der Waals surface area contributed by atoms with Crippen molar-refractivity contribution in [3.05, 3.63) is 23.8 Å². The number of hydrogen-bond acceptors (Lipinski definition) is 3. The second-order valence-electron chi connectivity index (χ2n) is 7.11. The highest BCUT2D eigenvalue weighted by atomic mass is 16.2. The summed E-state index contributed by atoms with van der Waals surface area (Å²) in [7, 11) is 0. The van der Waals surface area contributed by atoms with E-state index in [0.717, 1.165) is 50.0 Å². The van der Waals surface area contributed by atoms with Gasteiger partial charge in [0.2, 0.25) is 0 Å². The van der Waals surface area contributed by atoms with Crippen LogP contribution in [-0.4, -0.2) is 36.0 Å². The number of likely N-dealkylation sites (tertiary alicyclic amines) is 1. The standard InChI is InChI=1S/C20H33N3O/c1-5-12-22(13-6-2)19-11-10-17(21)14-18(19)20(24)23-15(3)8-7-9-16(23)4/h10-11,14-16H,5-9,12-13,21H2,1-4H3/t15-,16+. The minimum Gasteiger partial charge on any atom is -0.399 e. The summed E-state index contributed by atoms with van der Waals surface area (Å²) in [6.45, 7) is 10.6. The van der Waals surface area contributed by atoms with Crippen LogP contribution in [0.15, 0.2) is 18.2 Å². The Balaban J connectivity index is 2.40. The summed E-state index contributed by atoms with van der Waals surface area (Å²) < 4.78 is 0. The maximum atomic E-state index is 13.4. The fraction of sp³-hybridized carbons (Fsp3) is 0.650. The van der Waals surface area contributed by atoms with Gasteiger partial charge >= 0.3 is 0 Å². The number of benzene rings is 1. The number of carbonyl (C=O) groups is 1. The number of rotatable bonds is 6. The van der Waals surface area contributed by atoms with Crippen molar-refractivity contribution >= 4 is 17.3 Å². The highest BCUT2D eigenvalue weighted by molar-refractivity contribution is 6.01. The Hall–Kier alpha value is -1.71. The van der Waals surface area contributed by atoms with Crippen LogP contribution in [0, 0.1) is 0 Å². The molecule has 0 aliphatic carbocycles. The third-order valence-electron chi connectivity index (χ3n) is 5.01.